The summed E-state index contributed by atoms with van der Waals surface area (Å²) in [5, 5.41) is 11.1. The molecule has 8 nitrogen and oxygen atoms in total. The number of nitrogens with one attached hydrogen (secondary N) is 2. The summed E-state index contributed by atoms with van der Waals surface area (Å²) < 4.78 is 31.6. The second-order valence-corrected chi connectivity index (χ2v) is 8.46. The van der Waals surface area contributed by atoms with Crippen molar-refractivity contribution in [3.05, 3.63) is 58.1 Å². The number of rotatable bonds is 9. The predicted octanol–water partition coefficient (Wildman–Crippen LogP) is 2.91. The molecule has 0 saturated carbocycles. The summed E-state index contributed by atoms with van der Waals surface area (Å²) in [5.41, 5.74) is 1.30. The van der Waals surface area contributed by atoms with E-state index in [0.29, 0.717) is 5.69 Å². The van der Waals surface area contributed by atoms with Gasteiger partial charge in [-0.15, -0.1) is 0 Å². The van der Waals surface area contributed by atoms with Crippen molar-refractivity contribution in [3.8, 4) is 6.07 Å². The Morgan fingerprint density at radius 3 is 2.30 bits per heavy atom. The lowest BCUT2D eigenvalue weighted by Gasteiger charge is -2.10. The van der Waals surface area contributed by atoms with Crippen LogP contribution in [0, 0.1) is 11.3 Å². The van der Waals surface area contributed by atoms with Crippen LogP contribution in [0.5, 0.6) is 0 Å². The Balaban J connectivity index is 1.77. The molecular weight excluding hydrogens is 453 g/mol. The van der Waals surface area contributed by atoms with E-state index < -0.39 is 28.5 Å². The van der Waals surface area contributed by atoms with Crippen LogP contribution in [0.1, 0.15) is 12.0 Å². The van der Waals surface area contributed by atoms with Crippen LogP contribution < -0.4 is 10.0 Å². The third-order valence-corrected chi connectivity index (χ3v) is 6.11. The van der Waals surface area contributed by atoms with Crippen molar-refractivity contribution < 1.29 is 22.7 Å². The van der Waals surface area contributed by atoms with E-state index in [1.54, 1.807) is 24.3 Å². The average molecular weight is 470 g/mol. The molecule has 11 heteroatoms. The van der Waals surface area contributed by atoms with Gasteiger partial charge in [0.25, 0.3) is 5.91 Å². The van der Waals surface area contributed by atoms with Gasteiger partial charge in [0.15, 0.2) is 6.61 Å². The highest BCUT2D eigenvalue weighted by Gasteiger charge is 2.21. The summed E-state index contributed by atoms with van der Waals surface area (Å²) in [7, 11) is -4.02. The summed E-state index contributed by atoms with van der Waals surface area (Å²) in [6.45, 7) is -0.785. The first-order chi connectivity index (χ1) is 14.2. The van der Waals surface area contributed by atoms with Crippen molar-refractivity contribution in [2.75, 3.05) is 18.5 Å². The standard InChI is InChI=1S/C19H17Cl2N3O5S/c20-15-2-1-3-16(21)19(15)30(27,28)23-11-9-18(26)29-12-17(25)24-14-6-4-13(5-7-14)8-10-22/h1-7,23H,8-9,11-12H2,(H,24,25). The number of hydrogen-bond acceptors (Lipinski definition) is 6. The quantitative estimate of drug-likeness (QED) is 0.543. The van der Waals surface area contributed by atoms with Crippen LogP contribution in [0.15, 0.2) is 47.4 Å². The first-order valence-corrected chi connectivity index (χ1v) is 10.8. The molecule has 2 N–H and O–H groups in total. The minimum absolute atomic E-state index is 0.0464. The first-order valence-electron chi connectivity index (χ1n) is 8.58. The first kappa shape index (κ1) is 23.6. The second kappa shape index (κ2) is 10.9. The molecule has 0 aliphatic rings. The molecule has 2 aromatic carbocycles. The van der Waals surface area contributed by atoms with Crippen molar-refractivity contribution in [1.82, 2.24) is 4.72 Å². The molecule has 0 fully saturated rings. The van der Waals surface area contributed by atoms with Gasteiger partial charge in [-0.25, -0.2) is 13.1 Å². The Kier molecular flexibility index (Phi) is 8.62. The Morgan fingerprint density at radius 2 is 1.70 bits per heavy atom. The molecular formula is C19H17Cl2N3O5S. The van der Waals surface area contributed by atoms with Crippen LogP contribution in [-0.2, 0) is 30.8 Å². The number of anilines is 1. The van der Waals surface area contributed by atoms with E-state index in [-0.39, 0.29) is 34.3 Å². The van der Waals surface area contributed by atoms with Crippen LogP contribution in [0.25, 0.3) is 0 Å². The van der Waals surface area contributed by atoms with E-state index in [4.69, 9.17) is 33.2 Å². The summed E-state index contributed by atoms with van der Waals surface area (Å²) in [4.78, 5) is 23.3. The van der Waals surface area contributed by atoms with Gasteiger partial charge in [-0.3, -0.25) is 9.59 Å². The fourth-order valence-electron chi connectivity index (χ4n) is 2.31. The predicted molar refractivity (Wildman–Crippen MR) is 112 cm³/mol. The molecule has 0 unspecified atom stereocenters. The van der Waals surface area contributed by atoms with Crippen LogP contribution in [-0.4, -0.2) is 33.4 Å². The van der Waals surface area contributed by atoms with Crippen molar-refractivity contribution in [1.29, 1.82) is 5.26 Å². The van der Waals surface area contributed by atoms with Gasteiger partial charge >= 0.3 is 5.97 Å². The highest BCUT2D eigenvalue weighted by molar-refractivity contribution is 7.89. The molecule has 0 heterocycles. The normalized spacial score (nSPS) is 10.8. The number of nitriles is 1. The maximum absolute atomic E-state index is 12.3. The third-order valence-electron chi connectivity index (χ3n) is 3.69. The Morgan fingerprint density at radius 1 is 1.07 bits per heavy atom. The number of carbonyl (C=O) groups excluding carboxylic acids is 2. The number of amides is 1. The number of halogens is 2. The molecule has 30 heavy (non-hydrogen) atoms. The SMILES string of the molecule is N#CCc1ccc(NC(=O)COC(=O)CCNS(=O)(=O)c2c(Cl)cccc2Cl)cc1. The number of carbonyl (C=O) groups is 2. The van der Waals surface area contributed by atoms with Gasteiger partial charge in [-0.05, 0) is 29.8 Å². The molecule has 0 spiro atoms. The Hall–Kier alpha value is -2.64. The largest absolute Gasteiger partial charge is 0.456 e. The maximum Gasteiger partial charge on any atom is 0.307 e. The number of esters is 1. The number of benzene rings is 2. The van der Waals surface area contributed by atoms with E-state index >= 15 is 0 Å². The van der Waals surface area contributed by atoms with Gasteiger partial charge in [0, 0.05) is 12.2 Å². The van der Waals surface area contributed by atoms with Gasteiger partial charge in [-0.2, -0.15) is 5.26 Å². The number of hydrogen-bond donors (Lipinski definition) is 2. The van der Waals surface area contributed by atoms with Gasteiger partial charge < -0.3 is 10.1 Å². The molecule has 158 valence electrons. The summed E-state index contributed by atoms with van der Waals surface area (Å²) >= 11 is 11.8. The van der Waals surface area contributed by atoms with Gasteiger partial charge in [0.05, 0.1) is 29.0 Å². The van der Waals surface area contributed by atoms with E-state index in [1.807, 2.05) is 6.07 Å². The van der Waals surface area contributed by atoms with E-state index in [2.05, 4.69) is 10.0 Å². The fourth-order valence-corrected chi connectivity index (χ4v) is 4.48. The monoisotopic (exact) mass is 469 g/mol. The maximum atomic E-state index is 12.3. The van der Waals surface area contributed by atoms with E-state index in [0.717, 1.165) is 5.56 Å². The smallest absolute Gasteiger partial charge is 0.307 e. The zero-order chi connectivity index (χ0) is 22.1. The molecule has 2 aromatic rings. The van der Waals surface area contributed by atoms with Crippen LogP contribution >= 0.6 is 23.2 Å². The molecule has 0 radical (unpaired) electrons. The summed E-state index contributed by atoms with van der Waals surface area (Å²) in [6, 6.07) is 12.9. The molecule has 0 aliphatic carbocycles. The number of sulfonamides is 1. The molecule has 0 aromatic heterocycles. The molecule has 0 saturated heterocycles. The van der Waals surface area contributed by atoms with Crippen molar-refractivity contribution >= 4 is 50.8 Å². The van der Waals surface area contributed by atoms with E-state index in [9.17, 15) is 18.0 Å². The minimum Gasteiger partial charge on any atom is -0.456 e. The highest BCUT2D eigenvalue weighted by atomic mass is 35.5. The van der Waals surface area contributed by atoms with Crippen molar-refractivity contribution in [2.24, 2.45) is 0 Å². The zero-order valence-corrected chi connectivity index (χ0v) is 17.9. The Labute approximate surface area is 183 Å². The van der Waals surface area contributed by atoms with Crippen LogP contribution in [0.2, 0.25) is 10.0 Å². The molecule has 0 bridgehead atoms. The highest BCUT2D eigenvalue weighted by Crippen LogP contribution is 2.28. The summed E-state index contributed by atoms with van der Waals surface area (Å²) in [6.07, 6.45) is -0.0320. The Bertz CT molecular complexity index is 1050. The van der Waals surface area contributed by atoms with Gasteiger partial charge in [0.2, 0.25) is 10.0 Å². The molecule has 2 rings (SSSR count). The van der Waals surface area contributed by atoms with Crippen molar-refractivity contribution in [2.45, 2.75) is 17.7 Å². The number of nitrogens with zero attached hydrogens (tertiary/aromatic N) is 1. The topological polar surface area (TPSA) is 125 Å². The molecule has 0 aliphatic heterocycles. The number of ether oxygens (including phenoxy) is 1. The van der Waals surface area contributed by atoms with Gasteiger partial charge in [-0.1, -0.05) is 41.4 Å². The fraction of sp³-hybridized carbons (Fsp3) is 0.211. The van der Waals surface area contributed by atoms with Crippen LogP contribution in [0.4, 0.5) is 5.69 Å². The second-order valence-electron chi connectivity index (χ2n) is 5.94. The minimum atomic E-state index is -4.02. The third kappa shape index (κ3) is 7.00. The lowest BCUT2D eigenvalue weighted by atomic mass is 10.1. The average Bonchev–Trinajstić information content (AvgIpc) is 2.67. The lowest BCUT2D eigenvalue weighted by Crippen LogP contribution is -2.28. The molecule has 1 amide bonds. The van der Waals surface area contributed by atoms with Gasteiger partial charge in [0.1, 0.15) is 4.90 Å². The lowest BCUT2D eigenvalue weighted by molar-refractivity contribution is -0.147. The van der Waals surface area contributed by atoms with Crippen LogP contribution in [0.3, 0.4) is 0 Å². The zero-order valence-electron chi connectivity index (χ0n) is 15.5. The summed E-state index contributed by atoms with van der Waals surface area (Å²) in [5.74, 6) is -1.32. The van der Waals surface area contributed by atoms with Crippen molar-refractivity contribution in [3.63, 3.8) is 0 Å². The van der Waals surface area contributed by atoms with E-state index in [1.165, 1.54) is 18.2 Å². The molecule has 0 atom stereocenters.